The topological polar surface area (TPSA) is 36.7 Å². The van der Waals surface area contributed by atoms with Crippen LogP contribution in [0.4, 0.5) is 5.82 Å². The van der Waals surface area contributed by atoms with Gasteiger partial charge in [0, 0.05) is 44.6 Å². The molecule has 2 aliphatic rings. The van der Waals surface area contributed by atoms with Gasteiger partial charge in [-0.25, -0.2) is 9.50 Å². The molecule has 0 unspecified atom stereocenters. The van der Waals surface area contributed by atoms with Gasteiger partial charge in [-0.3, -0.25) is 4.90 Å². The van der Waals surface area contributed by atoms with E-state index in [1.807, 2.05) is 29.2 Å². The summed E-state index contributed by atoms with van der Waals surface area (Å²) in [5, 5.41) is 4.29. The molecule has 4 rings (SSSR count). The average molecular weight is 271 g/mol. The molecular formula is C15H21N5. The van der Waals surface area contributed by atoms with E-state index in [0.29, 0.717) is 0 Å². The minimum atomic E-state index is 0.843. The van der Waals surface area contributed by atoms with Crippen LogP contribution < -0.4 is 4.90 Å². The van der Waals surface area contributed by atoms with Crippen LogP contribution in [0.5, 0.6) is 0 Å². The van der Waals surface area contributed by atoms with E-state index in [4.69, 9.17) is 0 Å². The SMILES string of the molecule is c1cn2nccc2c(N2CCN(C3CCCC3)CC2)n1. The van der Waals surface area contributed by atoms with E-state index in [0.717, 1.165) is 30.5 Å². The Hall–Kier alpha value is -1.62. The smallest absolute Gasteiger partial charge is 0.154 e. The maximum Gasteiger partial charge on any atom is 0.154 e. The second kappa shape index (κ2) is 5.05. The molecule has 0 atom stereocenters. The summed E-state index contributed by atoms with van der Waals surface area (Å²) in [5.74, 6) is 1.08. The predicted molar refractivity (Wildman–Crippen MR) is 79.0 cm³/mol. The van der Waals surface area contributed by atoms with Gasteiger partial charge in [0.15, 0.2) is 5.82 Å². The van der Waals surface area contributed by atoms with Gasteiger partial charge >= 0.3 is 0 Å². The third-order valence-corrected chi connectivity index (χ3v) is 4.76. The zero-order valence-electron chi connectivity index (χ0n) is 11.8. The third-order valence-electron chi connectivity index (χ3n) is 4.76. The summed E-state index contributed by atoms with van der Waals surface area (Å²) >= 11 is 0. The van der Waals surface area contributed by atoms with Gasteiger partial charge in [0.1, 0.15) is 5.52 Å². The van der Waals surface area contributed by atoms with E-state index in [2.05, 4.69) is 19.9 Å². The monoisotopic (exact) mass is 271 g/mol. The zero-order chi connectivity index (χ0) is 13.4. The van der Waals surface area contributed by atoms with Crippen LogP contribution in [-0.4, -0.2) is 51.7 Å². The van der Waals surface area contributed by atoms with E-state index in [1.165, 1.54) is 38.8 Å². The highest BCUT2D eigenvalue weighted by atomic mass is 15.3. The summed E-state index contributed by atoms with van der Waals surface area (Å²) in [6.45, 7) is 4.49. The lowest BCUT2D eigenvalue weighted by Gasteiger charge is -2.38. The molecule has 1 saturated heterocycles. The first kappa shape index (κ1) is 12.1. The molecule has 5 nitrogen and oxygen atoms in total. The predicted octanol–water partition coefficient (Wildman–Crippen LogP) is 1.79. The molecule has 0 aromatic carbocycles. The molecule has 0 amide bonds. The van der Waals surface area contributed by atoms with Gasteiger partial charge < -0.3 is 4.90 Å². The Bertz CT molecular complexity index is 579. The van der Waals surface area contributed by atoms with E-state index in [9.17, 15) is 0 Å². The van der Waals surface area contributed by atoms with E-state index >= 15 is 0 Å². The molecule has 20 heavy (non-hydrogen) atoms. The first-order chi connectivity index (χ1) is 9.92. The summed E-state index contributed by atoms with van der Waals surface area (Å²) in [5.41, 5.74) is 1.11. The van der Waals surface area contributed by atoms with Crippen molar-refractivity contribution in [2.75, 3.05) is 31.1 Å². The summed E-state index contributed by atoms with van der Waals surface area (Å²) in [7, 11) is 0. The van der Waals surface area contributed by atoms with Gasteiger partial charge in [0.05, 0.1) is 6.20 Å². The summed E-state index contributed by atoms with van der Waals surface area (Å²) in [6, 6.07) is 2.89. The standard InChI is InChI=1S/C15H21N5/c1-2-4-13(3-1)18-9-11-19(12-10-18)15-14-5-6-17-20(14)8-7-16-15/h5-8,13H,1-4,9-12H2. The molecular weight excluding hydrogens is 250 g/mol. The van der Waals surface area contributed by atoms with Gasteiger partial charge in [0.2, 0.25) is 0 Å². The minimum absolute atomic E-state index is 0.843. The minimum Gasteiger partial charge on any atom is -0.352 e. The van der Waals surface area contributed by atoms with Crippen LogP contribution in [0.15, 0.2) is 24.7 Å². The Balaban J connectivity index is 1.50. The Morgan fingerprint density at radius 3 is 2.60 bits per heavy atom. The highest BCUT2D eigenvalue weighted by molar-refractivity contribution is 5.68. The molecule has 2 aromatic rings. The number of nitrogens with zero attached hydrogens (tertiary/aromatic N) is 5. The maximum absolute atomic E-state index is 4.57. The van der Waals surface area contributed by atoms with Crippen molar-refractivity contribution in [2.24, 2.45) is 0 Å². The number of hydrogen-bond acceptors (Lipinski definition) is 4. The number of anilines is 1. The van der Waals surface area contributed by atoms with Crippen LogP contribution in [0.3, 0.4) is 0 Å². The van der Waals surface area contributed by atoms with E-state index in [1.54, 1.807) is 0 Å². The molecule has 5 heteroatoms. The lowest BCUT2D eigenvalue weighted by Crippen LogP contribution is -2.50. The number of hydrogen-bond donors (Lipinski definition) is 0. The van der Waals surface area contributed by atoms with Crippen molar-refractivity contribution in [3.05, 3.63) is 24.7 Å². The number of piperazine rings is 1. The van der Waals surface area contributed by atoms with E-state index in [-0.39, 0.29) is 0 Å². The highest BCUT2D eigenvalue weighted by Crippen LogP contribution is 2.26. The largest absolute Gasteiger partial charge is 0.352 e. The first-order valence-electron chi connectivity index (χ1n) is 7.69. The summed E-state index contributed by atoms with van der Waals surface area (Å²) in [6.07, 6.45) is 11.2. The lowest BCUT2D eigenvalue weighted by atomic mass is 10.2. The Morgan fingerprint density at radius 1 is 1.00 bits per heavy atom. The highest BCUT2D eigenvalue weighted by Gasteiger charge is 2.27. The Labute approximate surface area is 119 Å². The molecule has 0 spiro atoms. The van der Waals surface area contributed by atoms with Crippen molar-refractivity contribution in [3.63, 3.8) is 0 Å². The quantitative estimate of drug-likeness (QED) is 0.834. The molecule has 2 fully saturated rings. The van der Waals surface area contributed by atoms with Gasteiger partial charge in [-0.15, -0.1) is 0 Å². The van der Waals surface area contributed by atoms with Crippen LogP contribution in [0.2, 0.25) is 0 Å². The van der Waals surface area contributed by atoms with Crippen LogP contribution in [0.25, 0.3) is 5.52 Å². The molecule has 1 saturated carbocycles. The molecule has 3 heterocycles. The molecule has 0 N–H and O–H groups in total. The van der Waals surface area contributed by atoms with Gasteiger partial charge in [-0.1, -0.05) is 12.8 Å². The van der Waals surface area contributed by atoms with E-state index < -0.39 is 0 Å². The number of rotatable bonds is 2. The van der Waals surface area contributed by atoms with Crippen molar-refractivity contribution < 1.29 is 0 Å². The summed E-state index contributed by atoms with van der Waals surface area (Å²) < 4.78 is 1.91. The van der Waals surface area contributed by atoms with Crippen molar-refractivity contribution in [1.29, 1.82) is 0 Å². The molecule has 0 bridgehead atoms. The molecule has 1 aliphatic carbocycles. The molecule has 106 valence electrons. The lowest BCUT2D eigenvalue weighted by molar-refractivity contribution is 0.187. The molecule has 1 aliphatic heterocycles. The maximum atomic E-state index is 4.57. The van der Waals surface area contributed by atoms with Gasteiger partial charge in [-0.2, -0.15) is 5.10 Å². The second-order valence-corrected chi connectivity index (χ2v) is 5.87. The van der Waals surface area contributed by atoms with Gasteiger partial charge in [0.25, 0.3) is 0 Å². The number of fused-ring (bicyclic) bond motifs is 1. The van der Waals surface area contributed by atoms with Gasteiger partial charge in [-0.05, 0) is 18.9 Å². The number of aromatic nitrogens is 3. The fraction of sp³-hybridized carbons (Fsp3) is 0.600. The van der Waals surface area contributed by atoms with Crippen LogP contribution >= 0.6 is 0 Å². The average Bonchev–Trinajstić information content (AvgIpc) is 3.18. The van der Waals surface area contributed by atoms with Crippen LogP contribution in [0.1, 0.15) is 25.7 Å². The first-order valence-corrected chi connectivity index (χ1v) is 7.69. The van der Waals surface area contributed by atoms with Crippen LogP contribution in [0, 0.1) is 0 Å². The fourth-order valence-corrected chi connectivity index (χ4v) is 3.66. The fourth-order valence-electron chi connectivity index (χ4n) is 3.66. The van der Waals surface area contributed by atoms with Crippen molar-refractivity contribution >= 4 is 11.3 Å². The van der Waals surface area contributed by atoms with Crippen LogP contribution in [-0.2, 0) is 0 Å². The van der Waals surface area contributed by atoms with Crippen molar-refractivity contribution in [1.82, 2.24) is 19.5 Å². The Morgan fingerprint density at radius 2 is 1.80 bits per heavy atom. The zero-order valence-corrected chi connectivity index (χ0v) is 11.8. The third kappa shape index (κ3) is 2.06. The summed E-state index contributed by atoms with van der Waals surface area (Å²) in [4.78, 5) is 9.66. The second-order valence-electron chi connectivity index (χ2n) is 5.87. The molecule has 2 aromatic heterocycles. The normalized spacial score (nSPS) is 21.9. The van der Waals surface area contributed by atoms with Crippen molar-refractivity contribution in [2.45, 2.75) is 31.7 Å². The Kier molecular flexibility index (Phi) is 3.07. The van der Waals surface area contributed by atoms with Crippen molar-refractivity contribution in [3.8, 4) is 0 Å². The molecule has 0 radical (unpaired) electrons.